The van der Waals surface area contributed by atoms with E-state index < -0.39 is 0 Å². The number of pyridine rings is 1. The minimum atomic E-state index is -0.216. The van der Waals surface area contributed by atoms with E-state index in [0.717, 1.165) is 44.2 Å². The van der Waals surface area contributed by atoms with Crippen molar-refractivity contribution in [1.29, 1.82) is 0 Å². The molecule has 4 nitrogen and oxygen atoms in total. The van der Waals surface area contributed by atoms with Gasteiger partial charge < -0.3 is 9.47 Å². The quantitative estimate of drug-likeness (QED) is 0.685. The van der Waals surface area contributed by atoms with E-state index in [-0.39, 0.29) is 11.5 Å². The largest absolute Gasteiger partial charge is 0.312 e. The van der Waals surface area contributed by atoms with Gasteiger partial charge in [-0.15, -0.1) is 0 Å². The third-order valence-electron chi connectivity index (χ3n) is 6.01. The second kappa shape index (κ2) is 10.4. The van der Waals surface area contributed by atoms with Crippen LogP contribution in [0, 0.1) is 0 Å². The lowest BCUT2D eigenvalue weighted by Gasteiger charge is -2.22. The molecule has 0 saturated heterocycles. The van der Waals surface area contributed by atoms with E-state index >= 15 is 0 Å². The van der Waals surface area contributed by atoms with Crippen molar-refractivity contribution in [2.24, 2.45) is 0 Å². The minimum Gasteiger partial charge on any atom is -0.312 e. The highest BCUT2D eigenvalue weighted by Crippen LogP contribution is 2.21. The van der Waals surface area contributed by atoms with E-state index in [4.69, 9.17) is 0 Å². The summed E-state index contributed by atoms with van der Waals surface area (Å²) < 4.78 is 1.92. The summed E-state index contributed by atoms with van der Waals surface area (Å²) in [7, 11) is 1.75. The zero-order valence-electron chi connectivity index (χ0n) is 18.0. The molecule has 29 heavy (non-hydrogen) atoms. The lowest BCUT2D eigenvalue weighted by molar-refractivity contribution is 0.0990. The SMILES string of the molecule is CCCCn1c2c(cc(C(=O)N(C)c3ccccc3)c1=O)CCCCCCCC2. The Kier molecular flexibility index (Phi) is 7.68. The molecule has 1 aliphatic rings. The van der Waals surface area contributed by atoms with E-state index in [1.165, 1.54) is 36.9 Å². The Hall–Kier alpha value is -2.36. The summed E-state index contributed by atoms with van der Waals surface area (Å²) in [5, 5.41) is 0. The molecule has 0 saturated carbocycles. The van der Waals surface area contributed by atoms with Crippen LogP contribution in [-0.2, 0) is 19.4 Å². The highest BCUT2D eigenvalue weighted by molar-refractivity contribution is 6.05. The topological polar surface area (TPSA) is 42.3 Å². The van der Waals surface area contributed by atoms with Gasteiger partial charge in [0, 0.05) is 25.0 Å². The van der Waals surface area contributed by atoms with Crippen LogP contribution in [0.4, 0.5) is 5.69 Å². The van der Waals surface area contributed by atoms with Crippen molar-refractivity contribution in [3.05, 3.63) is 63.6 Å². The van der Waals surface area contributed by atoms with Gasteiger partial charge in [-0.3, -0.25) is 9.59 Å². The molecule has 0 radical (unpaired) electrons. The molecule has 0 spiro atoms. The second-order valence-corrected chi connectivity index (χ2v) is 8.16. The van der Waals surface area contributed by atoms with Crippen LogP contribution >= 0.6 is 0 Å². The maximum atomic E-state index is 13.4. The van der Waals surface area contributed by atoms with Crippen LogP contribution in [0.5, 0.6) is 0 Å². The summed E-state index contributed by atoms with van der Waals surface area (Å²) in [6, 6.07) is 11.4. The zero-order valence-corrected chi connectivity index (χ0v) is 18.0. The molecular weight excluding hydrogens is 360 g/mol. The molecule has 0 aliphatic heterocycles. The van der Waals surface area contributed by atoms with Crippen molar-refractivity contribution in [2.75, 3.05) is 11.9 Å². The molecular formula is C25H34N2O2. The number of aryl methyl sites for hydroxylation is 1. The molecule has 0 N–H and O–H groups in total. The van der Waals surface area contributed by atoms with Gasteiger partial charge in [0.05, 0.1) is 0 Å². The zero-order chi connectivity index (χ0) is 20.6. The average Bonchev–Trinajstić information content (AvgIpc) is 2.76. The third kappa shape index (κ3) is 5.17. The lowest BCUT2D eigenvalue weighted by atomic mass is 9.96. The number of anilines is 1. The van der Waals surface area contributed by atoms with Gasteiger partial charge in [-0.2, -0.15) is 0 Å². The van der Waals surface area contributed by atoms with E-state index in [1.807, 2.05) is 41.0 Å². The first kappa shape index (κ1) is 21.4. The van der Waals surface area contributed by atoms with Crippen LogP contribution in [0.3, 0.4) is 0 Å². The number of rotatable bonds is 5. The monoisotopic (exact) mass is 394 g/mol. The summed E-state index contributed by atoms with van der Waals surface area (Å²) in [5.41, 5.74) is 3.36. The summed E-state index contributed by atoms with van der Waals surface area (Å²) >= 11 is 0. The van der Waals surface area contributed by atoms with Crippen LogP contribution in [0.1, 0.15) is 79.9 Å². The highest BCUT2D eigenvalue weighted by atomic mass is 16.2. The molecule has 2 aromatic rings. The number of aromatic nitrogens is 1. The van der Waals surface area contributed by atoms with E-state index in [1.54, 1.807) is 11.9 Å². The number of carbonyl (C=O) groups is 1. The van der Waals surface area contributed by atoms with Crippen LogP contribution < -0.4 is 10.5 Å². The van der Waals surface area contributed by atoms with Crippen molar-refractivity contribution in [3.63, 3.8) is 0 Å². The number of unbranched alkanes of at least 4 members (excludes halogenated alkanes) is 1. The fourth-order valence-corrected chi connectivity index (χ4v) is 4.24. The summed E-state index contributed by atoms with van der Waals surface area (Å²) in [6.07, 6.45) is 11.1. The van der Waals surface area contributed by atoms with Gasteiger partial charge in [0.25, 0.3) is 11.5 Å². The number of para-hydroxylation sites is 1. The van der Waals surface area contributed by atoms with Crippen LogP contribution in [-0.4, -0.2) is 17.5 Å². The lowest BCUT2D eigenvalue weighted by Crippen LogP contribution is -2.36. The predicted molar refractivity (Wildman–Crippen MR) is 120 cm³/mol. The fraction of sp³-hybridized carbons (Fsp3) is 0.520. The van der Waals surface area contributed by atoms with Gasteiger partial charge in [-0.1, -0.05) is 57.2 Å². The Morgan fingerprint density at radius 3 is 2.34 bits per heavy atom. The van der Waals surface area contributed by atoms with Gasteiger partial charge in [0.15, 0.2) is 0 Å². The highest BCUT2D eigenvalue weighted by Gasteiger charge is 2.22. The number of carbonyl (C=O) groups excluding carboxylic acids is 1. The number of benzene rings is 1. The number of hydrogen-bond acceptors (Lipinski definition) is 2. The van der Waals surface area contributed by atoms with Crippen molar-refractivity contribution in [1.82, 2.24) is 4.57 Å². The van der Waals surface area contributed by atoms with E-state index in [9.17, 15) is 9.59 Å². The molecule has 1 aliphatic carbocycles. The second-order valence-electron chi connectivity index (χ2n) is 8.16. The normalized spacial score (nSPS) is 14.8. The first-order valence-corrected chi connectivity index (χ1v) is 11.2. The third-order valence-corrected chi connectivity index (χ3v) is 6.01. The Morgan fingerprint density at radius 2 is 1.66 bits per heavy atom. The Balaban J connectivity index is 2.04. The molecule has 1 heterocycles. The maximum Gasteiger partial charge on any atom is 0.263 e. The summed E-state index contributed by atoms with van der Waals surface area (Å²) in [4.78, 5) is 28.2. The average molecular weight is 395 g/mol. The molecule has 0 bridgehead atoms. The number of amides is 1. The fourth-order valence-electron chi connectivity index (χ4n) is 4.24. The van der Waals surface area contributed by atoms with Gasteiger partial charge >= 0.3 is 0 Å². The molecule has 156 valence electrons. The van der Waals surface area contributed by atoms with Gasteiger partial charge in [0.2, 0.25) is 0 Å². The van der Waals surface area contributed by atoms with Crippen molar-refractivity contribution in [2.45, 2.75) is 77.7 Å². The number of nitrogens with zero attached hydrogens (tertiary/aromatic N) is 2. The van der Waals surface area contributed by atoms with Crippen LogP contribution in [0.15, 0.2) is 41.2 Å². The minimum absolute atomic E-state index is 0.123. The molecule has 4 heteroatoms. The summed E-state index contributed by atoms with van der Waals surface area (Å²) in [6.45, 7) is 2.84. The Bertz CT molecular complexity index is 870. The molecule has 0 fully saturated rings. The molecule has 1 aromatic heterocycles. The Morgan fingerprint density at radius 1 is 1.00 bits per heavy atom. The first-order valence-electron chi connectivity index (χ1n) is 11.2. The Labute approximate surface area is 174 Å². The van der Waals surface area contributed by atoms with Crippen LogP contribution in [0.2, 0.25) is 0 Å². The van der Waals surface area contributed by atoms with E-state index in [2.05, 4.69) is 6.92 Å². The van der Waals surface area contributed by atoms with Crippen LogP contribution in [0.25, 0.3) is 0 Å². The molecule has 0 unspecified atom stereocenters. The number of fused-ring (bicyclic) bond motifs is 1. The standard InChI is InChI=1S/C25H34N2O2/c1-3-4-18-27-23-17-13-8-6-5-7-10-14-20(23)19-22(25(27)29)24(28)26(2)21-15-11-9-12-16-21/h9,11-12,15-16,19H,3-8,10,13-14,17-18H2,1-2H3. The van der Waals surface area contributed by atoms with Gasteiger partial charge in [-0.05, 0) is 55.9 Å². The summed E-state index contributed by atoms with van der Waals surface area (Å²) in [5.74, 6) is -0.216. The van der Waals surface area contributed by atoms with Gasteiger partial charge in [-0.25, -0.2) is 0 Å². The molecule has 1 aromatic carbocycles. The van der Waals surface area contributed by atoms with Crippen molar-refractivity contribution >= 4 is 11.6 Å². The van der Waals surface area contributed by atoms with Crippen molar-refractivity contribution in [3.8, 4) is 0 Å². The molecule has 3 rings (SSSR count). The maximum absolute atomic E-state index is 13.4. The predicted octanol–water partition coefficient (Wildman–Crippen LogP) is 5.36. The number of hydrogen-bond donors (Lipinski definition) is 0. The van der Waals surface area contributed by atoms with E-state index in [0.29, 0.717) is 12.1 Å². The smallest absolute Gasteiger partial charge is 0.263 e. The first-order chi connectivity index (χ1) is 14.1. The van der Waals surface area contributed by atoms with Gasteiger partial charge in [0.1, 0.15) is 5.56 Å². The van der Waals surface area contributed by atoms with Crippen molar-refractivity contribution < 1.29 is 4.79 Å². The molecule has 1 amide bonds. The molecule has 0 atom stereocenters.